The van der Waals surface area contributed by atoms with Gasteiger partial charge in [-0.2, -0.15) is 0 Å². The van der Waals surface area contributed by atoms with Gasteiger partial charge in [0.15, 0.2) is 0 Å². The molecular formula is C16H25N3O. The van der Waals surface area contributed by atoms with Gasteiger partial charge in [0.2, 0.25) is 0 Å². The van der Waals surface area contributed by atoms with Crippen molar-refractivity contribution >= 4 is 5.69 Å². The summed E-state index contributed by atoms with van der Waals surface area (Å²) in [6.07, 6.45) is 2.67. The Morgan fingerprint density at radius 3 is 2.90 bits per heavy atom. The summed E-state index contributed by atoms with van der Waals surface area (Å²) in [5.74, 6) is 0.909. The van der Waals surface area contributed by atoms with Crippen molar-refractivity contribution in [1.29, 1.82) is 0 Å². The zero-order valence-electron chi connectivity index (χ0n) is 12.5. The average Bonchev–Trinajstić information content (AvgIpc) is 2.93. The molecule has 2 saturated heterocycles. The first-order chi connectivity index (χ1) is 9.70. The maximum Gasteiger partial charge on any atom is 0.125 e. The van der Waals surface area contributed by atoms with Crippen LogP contribution in [0.2, 0.25) is 0 Å². The number of anilines is 1. The third-order valence-corrected chi connectivity index (χ3v) is 4.65. The maximum absolute atomic E-state index is 6.19. The van der Waals surface area contributed by atoms with E-state index in [4.69, 9.17) is 10.5 Å². The second-order valence-electron chi connectivity index (χ2n) is 5.96. The lowest BCUT2D eigenvalue weighted by Gasteiger charge is -2.40. The fraction of sp³-hybridized carbons (Fsp3) is 0.625. The minimum atomic E-state index is -0.0113. The minimum Gasteiger partial charge on any atom is -0.496 e. The molecule has 1 aromatic carbocycles. The molecule has 0 amide bonds. The molecule has 0 bridgehead atoms. The van der Waals surface area contributed by atoms with Crippen LogP contribution in [0.3, 0.4) is 0 Å². The van der Waals surface area contributed by atoms with Crippen LogP contribution in [-0.4, -0.2) is 44.2 Å². The third kappa shape index (κ3) is 2.38. The van der Waals surface area contributed by atoms with Crippen LogP contribution in [0.15, 0.2) is 18.2 Å². The standard InChI is InChI=1S/C16H25N3O/c1-12(17)16-14(6-3-7-15(16)20-2)19-10-9-18-8-4-5-13(18)11-19/h3,6-7,12-13H,4-5,8-11,17H2,1-2H3/t12-,13?/m1/s1. The van der Waals surface area contributed by atoms with Gasteiger partial charge in [0.05, 0.1) is 7.11 Å². The lowest BCUT2D eigenvalue weighted by molar-refractivity contribution is 0.230. The van der Waals surface area contributed by atoms with Gasteiger partial charge in [0.25, 0.3) is 0 Å². The Labute approximate surface area is 121 Å². The van der Waals surface area contributed by atoms with Gasteiger partial charge in [0.1, 0.15) is 5.75 Å². The average molecular weight is 275 g/mol. The van der Waals surface area contributed by atoms with Gasteiger partial charge in [-0.15, -0.1) is 0 Å². The van der Waals surface area contributed by atoms with E-state index < -0.39 is 0 Å². The van der Waals surface area contributed by atoms with E-state index in [-0.39, 0.29) is 6.04 Å². The molecule has 0 radical (unpaired) electrons. The van der Waals surface area contributed by atoms with Crippen LogP contribution < -0.4 is 15.4 Å². The Kier molecular flexibility index (Phi) is 3.85. The maximum atomic E-state index is 6.19. The van der Waals surface area contributed by atoms with Crippen molar-refractivity contribution in [2.45, 2.75) is 31.8 Å². The van der Waals surface area contributed by atoms with E-state index >= 15 is 0 Å². The second kappa shape index (κ2) is 5.62. The number of rotatable bonds is 3. The summed E-state index contributed by atoms with van der Waals surface area (Å²) in [4.78, 5) is 5.12. The Balaban J connectivity index is 1.89. The zero-order chi connectivity index (χ0) is 14.1. The third-order valence-electron chi connectivity index (χ3n) is 4.65. The molecule has 2 aliphatic rings. The second-order valence-corrected chi connectivity index (χ2v) is 5.96. The number of piperazine rings is 1. The normalized spacial score (nSPS) is 24.6. The van der Waals surface area contributed by atoms with E-state index in [1.165, 1.54) is 31.6 Å². The van der Waals surface area contributed by atoms with Crippen LogP contribution >= 0.6 is 0 Å². The van der Waals surface area contributed by atoms with Crippen LogP contribution in [-0.2, 0) is 0 Å². The predicted molar refractivity (Wildman–Crippen MR) is 82.4 cm³/mol. The fourth-order valence-electron chi connectivity index (χ4n) is 3.65. The van der Waals surface area contributed by atoms with Crippen LogP contribution in [0.1, 0.15) is 31.4 Å². The number of fused-ring (bicyclic) bond motifs is 1. The monoisotopic (exact) mass is 275 g/mol. The van der Waals surface area contributed by atoms with Crippen molar-refractivity contribution < 1.29 is 4.74 Å². The molecule has 4 nitrogen and oxygen atoms in total. The summed E-state index contributed by atoms with van der Waals surface area (Å²) in [6.45, 7) is 6.68. The highest BCUT2D eigenvalue weighted by Crippen LogP contribution is 2.35. The number of hydrogen-bond acceptors (Lipinski definition) is 4. The molecule has 2 aliphatic heterocycles. The molecule has 2 heterocycles. The fourth-order valence-corrected chi connectivity index (χ4v) is 3.65. The van der Waals surface area contributed by atoms with Crippen molar-refractivity contribution in [3.05, 3.63) is 23.8 Å². The summed E-state index contributed by atoms with van der Waals surface area (Å²) in [5, 5.41) is 0. The van der Waals surface area contributed by atoms with Gasteiger partial charge >= 0.3 is 0 Å². The van der Waals surface area contributed by atoms with E-state index in [0.29, 0.717) is 0 Å². The summed E-state index contributed by atoms with van der Waals surface area (Å²) in [5.41, 5.74) is 8.58. The van der Waals surface area contributed by atoms with Crippen LogP contribution in [0.4, 0.5) is 5.69 Å². The quantitative estimate of drug-likeness (QED) is 0.916. The molecule has 3 rings (SSSR count). The lowest BCUT2D eigenvalue weighted by Crippen LogP contribution is -2.50. The van der Waals surface area contributed by atoms with Crippen molar-refractivity contribution in [1.82, 2.24) is 4.90 Å². The van der Waals surface area contributed by atoms with Crippen molar-refractivity contribution in [2.24, 2.45) is 5.73 Å². The molecule has 20 heavy (non-hydrogen) atoms. The highest BCUT2D eigenvalue weighted by Gasteiger charge is 2.31. The van der Waals surface area contributed by atoms with E-state index in [9.17, 15) is 0 Å². The molecule has 4 heteroatoms. The van der Waals surface area contributed by atoms with Crippen molar-refractivity contribution in [3.8, 4) is 5.75 Å². The molecule has 110 valence electrons. The van der Waals surface area contributed by atoms with E-state index in [0.717, 1.165) is 30.4 Å². The van der Waals surface area contributed by atoms with Gasteiger partial charge in [-0.05, 0) is 38.4 Å². The van der Waals surface area contributed by atoms with Crippen LogP contribution in [0.25, 0.3) is 0 Å². The van der Waals surface area contributed by atoms with Gasteiger partial charge in [-0.25, -0.2) is 0 Å². The molecule has 0 aliphatic carbocycles. The molecule has 2 atom stereocenters. The number of nitrogens with zero attached hydrogens (tertiary/aromatic N) is 2. The van der Waals surface area contributed by atoms with E-state index in [1.807, 2.05) is 13.0 Å². The SMILES string of the molecule is COc1cccc(N2CCN3CCCC3C2)c1[C@@H](C)N. The minimum absolute atomic E-state index is 0.0113. The number of benzene rings is 1. The van der Waals surface area contributed by atoms with Gasteiger partial charge in [0, 0.05) is 43.0 Å². The van der Waals surface area contributed by atoms with Gasteiger partial charge < -0.3 is 15.4 Å². The highest BCUT2D eigenvalue weighted by molar-refractivity contribution is 5.61. The predicted octanol–water partition coefficient (Wildman–Crippen LogP) is 2.00. The number of nitrogens with two attached hydrogens (primary N) is 1. The molecule has 0 saturated carbocycles. The smallest absolute Gasteiger partial charge is 0.125 e. The molecule has 1 unspecified atom stereocenters. The van der Waals surface area contributed by atoms with Crippen LogP contribution in [0.5, 0.6) is 5.75 Å². The van der Waals surface area contributed by atoms with Crippen LogP contribution in [0, 0.1) is 0 Å². The van der Waals surface area contributed by atoms with E-state index in [1.54, 1.807) is 7.11 Å². The Morgan fingerprint density at radius 1 is 1.30 bits per heavy atom. The zero-order valence-corrected chi connectivity index (χ0v) is 12.5. The lowest BCUT2D eigenvalue weighted by atomic mass is 10.0. The summed E-state index contributed by atoms with van der Waals surface area (Å²) >= 11 is 0. The Morgan fingerprint density at radius 2 is 2.15 bits per heavy atom. The van der Waals surface area contributed by atoms with Gasteiger partial charge in [-0.1, -0.05) is 6.07 Å². The first-order valence-electron chi connectivity index (χ1n) is 7.62. The largest absolute Gasteiger partial charge is 0.496 e. The van der Waals surface area contributed by atoms with E-state index in [2.05, 4.69) is 21.9 Å². The Hall–Kier alpha value is -1.26. The number of hydrogen-bond donors (Lipinski definition) is 1. The molecular weight excluding hydrogens is 250 g/mol. The van der Waals surface area contributed by atoms with Crippen molar-refractivity contribution in [3.63, 3.8) is 0 Å². The van der Waals surface area contributed by atoms with Gasteiger partial charge in [-0.3, -0.25) is 4.90 Å². The first-order valence-corrected chi connectivity index (χ1v) is 7.62. The summed E-state index contributed by atoms with van der Waals surface area (Å²) in [7, 11) is 1.72. The molecule has 0 spiro atoms. The number of ether oxygens (including phenoxy) is 1. The summed E-state index contributed by atoms with van der Waals surface area (Å²) < 4.78 is 5.51. The highest BCUT2D eigenvalue weighted by atomic mass is 16.5. The first kappa shape index (κ1) is 13.7. The Bertz CT molecular complexity index is 475. The summed E-state index contributed by atoms with van der Waals surface area (Å²) in [6, 6.07) is 6.97. The van der Waals surface area contributed by atoms with Crippen molar-refractivity contribution in [2.75, 3.05) is 38.2 Å². The topological polar surface area (TPSA) is 41.7 Å². The molecule has 2 N–H and O–H groups in total. The number of methoxy groups -OCH3 is 1. The molecule has 0 aromatic heterocycles. The molecule has 2 fully saturated rings. The molecule has 1 aromatic rings.